The van der Waals surface area contributed by atoms with Crippen LogP contribution in [0.25, 0.3) is 88.0 Å². The van der Waals surface area contributed by atoms with Crippen molar-refractivity contribution in [2.75, 3.05) is 4.90 Å². The summed E-state index contributed by atoms with van der Waals surface area (Å²) in [5.74, 6) is 0. The summed E-state index contributed by atoms with van der Waals surface area (Å²) in [6, 6.07) is 89.6. The molecule has 0 N–H and O–H groups in total. The third kappa shape index (κ3) is 7.93. The van der Waals surface area contributed by atoms with Crippen LogP contribution >= 0.6 is 11.6 Å². The molecule has 0 atom stereocenters. The summed E-state index contributed by atoms with van der Waals surface area (Å²) in [5.41, 5.74) is 14.8. The zero-order valence-corrected chi connectivity index (χ0v) is 36.2. The van der Waals surface area contributed by atoms with Crippen LogP contribution in [0.2, 0.25) is 5.02 Å². The Labute approximate surface area is 383 Å². The van der Waals surface area contributed by atoms with Gasteiger partial charge in [-0.1, -0.05) is 188 Å². The van der Waals surface area contributed by atoms with Crippen molar-refractivity contribution in [2.45, 2.75) is 0 Å². The van der Waals surface area contributed by atoms with Crippen molar-refractivity contribution in [1.82, 2.24) is 0 Å². The van der Waals surface area contributed by atoms with E-state index in [-0.39, 0.29) is 0 Å². The topological polar surface area (TPSA) is 16.4 Å². The highest BCUT2D eigenvalue weighted by Crippen LogP contribution is 2.44. The Morgan fingerprint density at radius 3 is 1.20 bits per heavy atom. The predicted molar refractivity (Wildman–Crippen MR) is 277 cm³/mol. The first kappa shape index (κ1) is 39.7. The average Bonchev–Trinajstić information content (AvgIpc) is 3.77. The molecule has 65 heavy (non-hydrogen) atoms. The molecule has 0 saturated heterocycles. The first-order chi connectivity index (χ1) is 32.1. The number of hydrogen-bond donors (Lipinski definition) is 0. The molecule has 0 fully saturated rings. The van der Waals surface area contributed by atoms with Crippen LogP contribution in [0.3, 0.4) is 0 Å². The molecule has 0 bridgehead atoms. The van der Waals surface area contributed by atoms with Crippen molar-refractivity contribution in [2.24, 2.45) is 0 Å². The fourth-order valence-electron chi connectivity index (χ4n) is 9.04. The Morgan fingerprint density at radius 2 is 0.692 bits per heavy atom. The Balaban J connectivity index is 0.000000172. The molecule has 3 heteroatoms. The van der Waals surface area contributed by atoms with Crippen LogP contribution in [0.1, 0.15) is 0 Å². The average molecular weight is 852 g/mol. The molecule has 0 spiro atoms. The molecule has 0 aliphatic carbocycles. The van der Waals surface area contributed by atoms with E-state index >= 15 is 0 Å². The molecule has 0 saturated carbocycles. The molecule has 11 aromatic carbocycles. The second-order valence-corrected chi connectivity index (χ2v) is 16.6. The molecule has 0 unspecified atom stereocenters. The molecule has 0 radical (unpaired) electrons. The van der Waals surface area contributed by atoms with Crippen LogP contribution in [-0.4, -0.2) is 0 Å². The lowest BCUT2D eigenvalue weighted by molar-refractivity contribution is 0.669. The maximum absolute atomic E-state index is 6.26. The molecule has 12 rings (SSSR count). The van der Waals surface area contributed by atoms with Crippen molar-refractivity contribution in [3.63, 3.8) is 0 Å². The van der Waals surface area contributed by atoms with Crippen molar-refractivity contribution in [3.8, 4) is 44.5 Å². The first-order valence-corrected chi connectivity index (χ1v) is 22.3. The number of halogens is 1. The lowest BCUT2D eigenvalue weighted by atomic mass is 9.91. The number of rotatable bonds is 7. The van der Waals surface area contributed by atoms with Gasteiger partial charge < -0.3 is 9.32 Å². The number of benzene rings is 11. The second-order valence-electron chi connectivity index (χ2n) is 16.2. The van der Waals surface area contributed by atoms with Crippen LogP contribution in [0.5, 0.6) is 0 Å². The molecule has 308 valence electrons. The zero-order valence-electron chi connectivity index (χ0n) is 35.5. The molecule has 0 amide bonds. The molecular weight excluding hydrogens is 810 g/mol. The summed E-state index contributed by atoms with van der Waals surface area (Å²) in [7, 11) is 0. The lowest BCUT2D eigenvalue weighted by Gasteiger charge is -2.26. The van der Waals surface area contributed by atoms with E-state index in [4.69, 9.17) is 16.0 Å². The monoisotopic (exact) mass is 851 g/mol. The molecule has 0 aliphatic heterocycles. The second kappa shape index (κ2) is 17.5. The third-order valence-electron chi connectivity index (χ3n) is 12.2. The molecule has 1 heterocycles. The quantitative estimate of drug-likeness (QED) is 0.159. The standard InChI is InChI=1S/C40H27NO.C22H15Cl/c1-3-12-28(13-4-1)35-26-30-14-7-8-15-31(30)27-36(35)29-22-24-33(25-23-29)41(32-16-5-2-6-17-32)37-19-11-21-39-40(37)34-18-9-10-20-38(34)42-39;23-20-12-10-17(11-13-20)22-15-19-9-5-4-8-18(19)14-21(22)16-6-2-1-3-7-16/h1-27H;1-15H. The van der Waals surface area contributed by atoms with Crippen LogP contribution in [0, 0.1) is 0 Å². The number of hydrogen-bond acceptors (Lipinski definition) is 2. The number of fused-ring (bicyclic) bond motifs is 5. The van der Waals surface area contributed by atoms with Crippen LogP contribution in [-0.2, 0) is 0 Å². The molecule has 12 aromatic rings. The number of furan rings is 1. The van der Waals surface area contributed by atoms with Crippen molar-refractivity contribution >= 4 is 72.1 Å². The lowest BCUT2D eigenvalue weighted by Crippen LogP contribution is -2.10. The highest BCUT2D eigenvalue weighted by atomic mass is 35.5. The van der Waals surface area contributed by atoms with Crippen molar-refractivity contribution < 1.29 is 4.42 Å². The Bertz CT molecular complexity index is 3580. The van der Waals surface area contributed by atoms with Gasteiger partial charge in [-0.05, 0) is 145 Å². The predicted octanol–water partition coefficient (Wildman–Crippen LogP) is 18.4. The normalized spacial score (nSPS) is 11.2. The van der Waals surface area contributed by atoms with E-state index in [0.29, 0.717) is 0 Å². The van der Waals surface area contributed by atoms with E-state index in [9.17, 15) is 0 Å². The minimum absolute atomic E-state index is 0.760. The van der Waals surface area contributed by atoms with E-state index in [1.54, 1.807) is 0 Å². The van der Waals surface area contributed by atoms with Crippen LogP contribution < -0.4 is 4.90 Å². The summed E-state index contributed by atoms with van der Waals surface area (Å²) < 4.78 is 6.26. The van der Waals surface area contributed by atoms with Gasteiger partial charge in [-0.2, -0.15) is 0 Å². The Kier molecular flexibility index (Phi) is 10.7. The van der Waals surface area contributed by atoms with Gasteiger partial charge in [0, 0.05) is 21.8 Å². The summed E-state index contributed by atoms with van der Waals surface area (Å²) >= 11 is 6.05. The van der Waals surface area contributed by atoms with E-state index < -0.39 is 0 Å². The fourth-order valence-corrected chi connectivity index (χ4v) is 9.16. The maximum Gasteiger partial charge on any atom is 0.137 e. The van der Waals surface area contributed by atoms with Crippen molar-refractivity contribution in [1.29, 1.82) is 0 Å². The molecule has 0 aliphatic rings. The van der Waals surface area contributed by atoms with Crippen molar-refractivity contribution in [3.05, 3.63) is 260 Å². The summed E-state index contributed by atoms with van der Waals surface area (Å²) in [6.45, 7) is 0. The Morgan fingerprint density at radius 1 is 0.308 bits per heavy atom. The van der Waals surface area contributed by atoms with E-state index in [1.807, 2.05) is 30.3 Å². The first-order valence-electron chi connectivity index (χ1n) is 21.9. The van der Waals surface area contributed by atoms with Crippen LogP contribution in [0.15, 0.2) is 259 Å². The highest BCUT2D eigenvalue weighted by molar-refractivity contribution is 6.30. The minimum Gasteiger partial charge on any atom is -0.456 e. The van der Waals surface area contributed by atoms with Gasteiger partial charge in [0.15, 0.2) is 0 Å². The number of anilines is 3. The summed E-state index contributed by atoms with van der Waals surface area (Å²) in [4.78, 5) is 2.33. The number of para-hydroxylation sites is 2. The molecule has 2 nitrogen and oxygen atoms in total. The highest BCUT2D eigenvalue weighted by Gasteiger charge is 2.20. The molecular formula is C62H42ClNO. The van der Waals surface area contributed by atoms with Crippen LogP contribution in [0.4, 0.5) is 17.1 Å². The van der Waals surface area contributed by atoms with Gasteiger partial charge in [-0.15, -0.1) is 0 Å². The van der Waals surface area contributed by atoms with E-state index in [0.717, 1.165) is 44.0 Å². The van der Waals surface area contributed by atoms with Gasteiger partial charge in [0.2, 0.25) is 0 Å². The van der Waals surface area contributed by atoms with Gasteiger partial charge in [-0.3, -0.25) is 0 Å². The fraction of sp³-hybridized carbons (Fsp3) is 0. The van der Waals surface area contributed by atoms with E-state index in [2.05, 4.69) is 229 Å². The molecule has 1 aromatic heterocycles. The van der Waals surface area contributed by atoms with Gasteiger partial charge >= 0.3 is 0 Å². The SMILES string of the molecule is Clc1ccc(-c2cc3ccccc3cc2-c2ccccc2)cc1.c1ccc(-c2cc3ccccc3cc2-c2ccc(N(c3ccccc3)c3cccc4oc5ccccc5c34)cc2)cc1. The number of nitrogens with zero attached hydrogens (tertiary/aromatic N) is 1. The van der Waals surface area contributed by atoms with Gasteiger partial charge in [0.1, 0.15) is 11.2 Å². The van der Waals surface area contributed by atoms with Gasteiger partial charge in [0.05, 0.1) is 11.1 Å². The third-order valence-corrected chi connectivity index (χ3v) is 12.4. The smallest absolute Gasteiger partial charge is 0.137 e. The summed E-state index contributed by atoms with van der Waals surface area (Å²) in [5, 5.41) is 7.97. The minimum atomic E-state index is 0.760. The van der Waals surface area contributed by atoms with Gasteiger partial charge in [-0.25, -0.2) is 0 Å². The largest absolute Gasteiger partial charge is 0.456 e. The Hall–Kier alpha value is -8.17. The maximum atomic E-state index is 6.26. The zero-order chi connectivity index (χ0) is 43.5. The van der Waals surface area contributed by atoms with Gasteiger partial charge in [0.25, 0.3) is 0 Å². The summed E-state index contributed by atoms with van der Waals surface area (Å²) in [6.07, 6.45) is 0. The van der Waals surface area contributed by atoms with E-state index in [1.165, 1.54) is 66.1 Å².